The molecule has 2 amide bonds. The van der Waals surface area contributed by atoms with E-state index in [0.717, 1.165) is 12.8 Å². The van der Waals surface area contributed by atoms with E-state index in [-0.39, 0.29) is 11.6 Å². The molecular formula is C24H29ClN4O3. The number of hydrogen-bond donors (Lipinski definition) is 1. The average molecular weight is 457 g/mol. The number of ether oxygens (including phenoxy) is 1. The number of amides is 2. The van der Waals surface area contributed by atoms with Crippen LogP contribution >= 0.6 is 11.6 Å². The molecule has 170 valence electrons. The van der Waals surface area contributed by atoms with Crippen molar-refractivity contribution in [1.29, 1.82) is 0 Å². The van der Waals surface area contributed by atoms with Gasteiger partial charge in [-0.15, -0.1) is 0 Å². The first kappa shape index (κ1) is 23.8. The van der Waals surface area contributed by atoms with Gasteiger partial charge in [-0.25, -0.2) is 9.78 Å². The Morgan fingerprint density at radius 2 is 2.03 bits per heavy atom. The largest absolute Gasteiger partial charge is 0.383 e. The Kier molecular flexibility index (Phi) is 8.25. The number of unbranched alkanes of at least 4 members (excludes halogenated alkanes) is 1. The number of methoxy groups -OCH3 is 1. The number of nitrogens with one attached hydrogen (secondary N) is 1. The summed E-state index contributed by atoms with van der Waals surface area (Å²) in [5.41, 5.74) is 1.08. The Balaban J connectivity index is 2.01. The van der Waals surface area contributed by atoms with Crippen molar-refractivity contribution in [3.05, 3.63) is 69.7 Å². The Labute approximate surface area is 193 Å². The van der Waals surface area contributed by atoms with E-state index in [1.807, 2.05) is 25.1 Å². The van der Waals surface area contributed by atoms with Crippen LogP contribution in [0.4, 0.5) is 10.5 Å². The fraction of sp³-hybridized carbons (Fsp3) is 0.375. The standard InChI is InChI=1S/C24H29ClN4O3/c1-4-5-13-28(24(31)26-19-10-8-9-18(25)16-19)17(2)22-27-21-12-7-6-11-20(21)23(30)29(22)14-15-32-3/h6-12,16-17H,4-5,13-15H2,1-3H3,(H,26,31). The molecule has 1 atom stereocenters. The molecule has 1 unspecified atom stereocenters. The molecular weight excluding hydrogens is 428 g/mol. The molecule has 32 heavy (non-hydrogen) atoms. The van der Waals surface area contributed by atoms with Crippen LogP contribution in [0.2, 0.25) is 5.02 Å². The molecule has 1 heterocycles. The molecule has 3 rings (SSSR count). The van der Waals surface area contributed by atoms with E-state index < -0.39 is 6.04 Å². The maximum atomic E-state index is 13.3. The Morgan fingerprint density at radius 1 is 1.25 bits per heavy atom. The number of carbonyl (C=O) groups excluding carboxylic acids is 1. The van der Waals surface area contributed by atoms with Crippen molar-refractivity contribution >= 4 is 34.2 Å². The van der Waals surface area contributed by atoms with E-state index in [0.29, 0.717) is 47.1 Å². The molecule has 1 N–H and O–H groups in total. The highest BCUT2D eigenvalue weighted by Crippen LogP contribution is 2.23. The number of urea groups is 1. The fourth-order valence-corrected chi connectivity index (χ4v) is 3.79. The van der Waals surface area contributed by atoms with Crippen LogP contribution in [-0.2, 0) is 11.3 Å². The number of halogens is 1. The van der Waals surface area contributed by atoms with Gasteiger partial charge in [-0.05, 0) is 43.7 Å². The number of para-hydroxylation sites is 1. The number of carbonyl (C=O) groups is 1. The van der Waals surface area contributed by atoms with E-state index >= 15 is 0 Å². The lowest BCUT2D eigenvalue weighted by Gasteiger charge is -2.30. The second-order valence-corrected chi connectivity index (χ2v) is 8.04. The summed E-state index contributed by atoms with van der Waals surface area (Å²) in [6.45, 7) is 5.21. The van der Waals surface area contributed by atoms with Crippen LogP contribution in [-0.4, -0.2) is 40.7 Å². The quantitative estimate of drug-likeness (QED) is 0.486. The van der Waals surface area contributed by atoms with Gasteiger partial charge >= 0.3 is 6.03 Å². The van der Waals surface area contributed by atoms with Crippen LogP contribution < -0.4 is 10.9 Å². The van der Waals surface area contributed by atoms with Crippen molar-refractivity contribution < 1.29 is 9.53 Å². The topological polar surface area (TPSA) is 76.5 Å². The number of nitrogens with zero attached hydrogens (tertiary/aromatic N) is 3. The van der Waals surface area contributed by atoms with Gasteiger partial charge in [0, 0.05) is 24.4 Å². The van der Waals surface area contributed by atoms with Gasteiger partial charge in [-0.2, -0.15) is 0 Å². The molecule has 0 bridgehead atoms. The first-order valence-electron chi connectivity index (χ1n) is 10.8. The number of aromatic nitrogens is 2. The molecule has 0 radical (unpaired) electrons. The third-order valence-electron chi connectivity index (χ3n) is 5.34. The molecule has 0 aliphatic rings. The van der Waals surface area contributed by atoms with Crippen LogP contribution in [0.15, 0.2) is 53.3 Å². The molecule has 0 saturated heterocycles. The molecule has 0 saturated carbocycles. The van der Waals surface area contributed by atoms with Crippen LogP contribution in [0.5, 0.6) is 0 Å². The zero-order valence-corrected chi connectivity index (χ0v) is 19.4. The summed E-state index contributed by atoms with van der Waals surface area (Å²) in [6, 6.07) is 13.6. The Bertz CT molecular complexity index is 1130. The van der Waals surface area contributed by atoms with Crippen molar-refractivity contribution in [2.24, 2.45) is 0 Å². The van der Waals surface area contributed by atoms with Gasteiger partial charge in [0.15, 0.2) is 0 Å². The maximum absolute atomic E-state index is 13.3. The lowest BCUT2D eigenvalue weighted by molar-refractivity contribution is 0.174. The van der Waals surface area contributed by atoms with Crippen LogP contribution in [0.3, 0.4) is 0 Å². The summed E-state index contributed by atoms with van der Waals surface area (Å²) in [5, 5.41) is 4.01. The molecule has 0 fully saturated rings. The summed E-state index contributed by atoms with van der Waals surface area (Å²) in [7, 11) is 1.59. The van der Waals surface area contributed by atoms with Crippen LogP contribution in [0.1, 0.15) is 38.6 Å². The summed E-state index contributed by atoms with van der Waals surface area (Å²) >= 11 is 6.07. The maximum Gasteiger partial charge on any atom is 0.322 e. The molecule has 7 nitrogen and oxygen atoms in total. The number of anilines is 1. The van der Waals surface area contributed by atoms with E-state index in [1.165, 1.54) is 0 Å². The van der Waals surface area contributed by atoms with Gasteiger partial charge < -0.3 is 15.0 Å². The number of rotatable bonds is 9. The Hall–Kier alpha value is -2.90. The third-order valence-corrected chi connectivity index (χ3v) is 5.58. The molecule has 0 aliphatic heterocycles. The zero-order valence-electron chi connectivity index (χ0n) is 18.7. The third kappa shape index (κ3) is 5.47. The van der Waals surface area contributed by atoms with Gasteiger partial charge in [0.2, 0.25) is 0 Å². The van der Waals surface area contributed by atoms with E-state index in [9.17, 15) is 9.59 Å². The molecule has 3 aromatic rings. The Morgan fingerprint density at radius 3 is 2.75 bits per heavy atom. The van der Waals surface area contributed by atoms with Crippen molar-refractivity contribution in [2.45, 2.75) is 39.3 Å². The fourth-order valence-electron chi connectivity index (χ4n) is 3.60. The van der Waals surface area contributed by atoms with Crippen molar-refractivity contribution in [3.8, 4) is 0 Å². The second kappa shape index (κ2) is 11.1. The van der Waals surface area contributed by atoms with Gasteiger partial charge in [-0.1, -0.05) is 43.1 Å². The molecule has 1 aromatic heterocycles. The van der Waals surface area contributed by atoms with Crippen molar-refractivity contribution in [3.63, 3.8) is 0 Å². The minimum Gasteiger partial charge on any atom is -0.383 e. The average Bonchev–Trinajstić information content (AvgIpc) is 2.78. The van der Waals surface area contributed by atoms with Crippen LogP contribution in [0, 0.1) is 0 Å². The van der Waals surface area contributed by atoms with Crippen molar-refractivity contribution in [2.75, 3.05) is 25.6 Å². The summed E-state index contributed by atoms with van der Waals surface area (Å²) in [4.78, 5) is 33.0. The highest BCUT2D eigenvalue weighted by atomic mass is 35.5. The first-order chi connectivity index (χ1) is 15.5. The van der Waals surface area contributed by atoms with E-state index in [4.69, 9.17) is 21.3 Å². The first-order valence-corrected chi connectivity index (χ1v) is 11.2. The van der Waals surface area contributed by atoms with Crippen LogP contribution in [0.25, 0.3) is 10.9 Å². The summed E-state index contributed by atoms with van der Waals surface area (Å²) in [5.74, 6) is 0.531. The summed E-state index contributed by atoms with van der Waals surface area (Å²) < 4.78 is 6.83. The lowest BCUT2D eigenvalue weighted by atomic mass is 10.2. The second-order valence-electron chi connectivity index (χ2n) is 7.60. The molecule has 8 heteroatoms. The number of fused-ring (bicyclic) bond motifs is 1. The monoisotopic (exact) mass is 456 g/mol. The summed E-state index contributed by atoms with van der Waals surface area (Å²) in [6.07, 6.45) is 1.75. The SMILES string of the molecule is CCCCN(C(=O)Nc1cccc(Cl)c1)C(C)c1nc2ccccc2c(=O)n1CCOC. The minimum atomic E-state index is -0.435. The van der Waals surface area contributed by atoms with Gasteiger partial charge in [-0.3, -0.25) is 9.36 Å². The smallest absolute Gasteiger partial charge is 0.322 e. The van der Waals surface area contributed by atoms with Crippen molar-refractivity contribution in [1.82, 2.24) is 14.5 Å². The molecule has 2 aromatic carbocycles. The highest BCUT2D eigenvalue weighted by Gasteiger charge is 2.26. The highest BCUT2D eigenvalue weighted by molar-refractivity contribution is 6.30. The van der Waals surface area contributed by atoms with E-state index in [1.54, 1.807) is 46.9 Å². The normalized spacial score (nSPS) is 12.0. The minimum absolute atomic E-state index is 0.139. The number of hydrogen-bond acceptors (Lipinski definition) is 4. The van der Waals surface area contributed by atoms with Gasteiger partial charge in [0.05, 0.1) is 30.1 Å². The molecule has 0 spiro atoms. The van der Waals surface area contributed by atoms with Gasteiger partial charge in [0.1, 0.15) is 5.82 Å². The predicted molar refractivity (Wildman–Crippen MR) is 128 cm³/mol. The van der Waals surface area contributed by atoms with Gasteiger partial charge in [0.25, 0.3) is 5.56 Å². The predicted octanol–water partition coefficient (Wildman–Crippen LogP) is 5.09. The number of benzene rings is 2. The zero-order chi connectivity index (χ0) is 23.1. The van der Waals surface area contributed by atoms with E-state index in [2.05, 4.69) is 12.2 Å². The lowest BCUT2D eigenvalue weighted by Crippen LogP contribution is -2.41. The molecule has 0 aliphatic carbocycles.